The normalized spacial score (nSPS) is 12.0. The summed E-state index contributed by atoms with van der Waals surface area (Å²) in [6.45, 7) is 3.40. The molecular weight excluding hydrogens is 564 g/mol. The van der Waals surface area contributed by atoms with E-state index in [1.54, 1.807) is 37.3 Å². The van der Waals surface area contributed by atoms with Gasteiger partial charge in [-0.25, -0.2) is 12.8 Å². The van der Waals surface area contributed by atoms with Gasteiger partial charge in [0.05, 0.1) is 10.6 Å². The van der Waals surface area contributed by atoms with Crippen LogP contribution in [-0.2, 0) is 26.2 Å². The van der Waals surface area contributed by atoms with E-state index in [4.69, 9.17) is 23.2 Å². The molecule has 0 fully saturated rings. The SMILES string of the molecule is CCCNC(=O)[C@H](CC)N(Cc1ccc(Cl)cc1Cl)C(=O)CN(c1ccc(F)cc1)S(=O)(=O)c1ccccc1. The van der Waals surface area contributed by atoms with Crippen molar-refractivity contribution in [2.24, 2.45) is 0 Å². The van der Waals surface area contributed by atoms with Crippen molar-refractivity contribution in [3.63, 3.8) is 0 Å². The van der Waals surface area contributed by atoms with Crippen molar-refractivity contribution >= 4 is 50.7 Å². The van der Waals surface area contributed by atoms with Crippen LogP contribution in [0.3, 0.4) is 0 Å². The molecule has 0 aliphatic carbocycles. The fourth-order valence-corrected chi connectivity index (χ4v) is 5.88. The topological polar surface area (TPSA) is 86.8 Å². The fourth-order valence-electron chi connectivity index (χ4n) is 3.97. The van der Waals surface area contributed by atoms with Crippen LogP contribution in [0.5, 0.6) is 0 Å². The van der Waals surface area contributed by atoms with Crippen molar-refractivity contribution in [1.82, 2.24) is 10.2 Å². The molecule has 3 rings (SSSR count). The molecule has 11 heteroatoms. The van der Waals surface area contributed by atoms with Gasteiger partial charge in [0.1, 0.15) is 18.4 Å². The molecule has 0 saturated heterocycles. The molecule has 1 atom stereocenters. The number of benzene rings is 3. The Hall–Kier alpha value is -3.14. The van der Waals surface area contributed by atoms with Crippen LogP contribution in [0, 0.1) is 5.82 Å². The van der Waals surface area contributed by atoms with Crippen molar-refractivity contribution in [1.29, 1.82) is 0 Å². The Bertz CT molecular complexity index is 1390. The van der Waals surface area contributed by atoms with Crippen LogP contribution in [0.1, 0.15) is 32.3 Å². The van der Waals surface area contributed by atoms with E-state index in [9.17, 15) is 22.4 Å². The lowest BCUT2D eigenvalue weighted by atomic mass is 10.1. The van der Waals surface area contributed by atoms with Gasteiger partial charge in [-0.05, 0) is 66.9 Å². The maximum atomic E-state index is 13.9. The summed E-state index contributed by atoms with van der Waals surface area (Å²) in [6.07, 6.45) is 0.973. The van der Waals surface area contributed by atoms with E-state index < -0.39 is 34.3 Å². The number of anilines is 1. The van der Waals surface area contributed by atoms with Crippen LogP contribution in [0.4, 0.5) is 10.1 Å². The monoisotopic (exact) mass is 593 g/mol. The van der Waals surface area contributed by atoms with Gasteiger partial charge in [0.15, 0.2) is 0 Å². The molecule has 39 heavy (non-hydrogen) atoms. The summed E-state index contributed by atoms with van der Waals surface area (Å²) < 4.78 is 42.0. The lowest BCUT2D eigenvalue weighted by molar-refractivity contribution is -0.140. The quantitative estimate of drug-likeness (QED) is 0.293. The van der Waals surface area contributed by atoms with Crippen LogP contribution in [0.15, 0.2) is 77.7 Å². The average molecular weight is 595 g/mol. The highest BCUT2D eigenvalue weighted by molar-refractivity contribution is 7.92. The molecule has 0 radical (unpaired) electrons. The van der Waals surface area contributed by atoms with Gasteiger partial charge in [-0.2, -0.15) is 0 Å². The number of rotatable bonds is 12. The summed E-state index contributed by atoms with van der Waals surface area (Å²) in [5.41, 5.74) is 0.636. The highest BCUT2D eigenvalue weighted by atomic mass is 35.5. The summed E-state index contributed by atoms with van der Waals surface area (Å²) in [5.74, 6) is -1.56. The van der Waals surface area contributed by atoms with E-state index >= 15 is 0 Å². The zero-order valence-corrected chi connectivity index (χ0v) is 23.9. The third-order valence-electron chi connectivity index (χ3n) is 6.02. The summed E-state index contributed by atoms with van der Waals surface area (Å²) in [4.78, 5) is 28.3. The standard InChI is InChI=1S/C28H30Cl2FN3O4S/c1-3-16-32-28(36)26(4-2)33(18-20-10-11-21(29)17-25(20)30)27(35)19-34(23-14-12-22(31)13-15-23)39(37,38)24-8-6-5-7-9-24/h5-15,17,26H,3-4,16,18-19H2,1-2H3,(H,32,36)/t26-/m0/s1. The van der Waals surface area contributed by atoms with Crippen LogP contribution < -0.4 is 9.62 Å². The average Bonchev–Trinajstić information content (AvgIpc) is 2.92. The molecule has 0 aromatic heterocycles. The van der Waals surface area contributed by atoms with E-state index in [2.05, 4.69) is 5.32 Å². The van der Waals surface area contributed by atoms with Crippen molar-refractivity contribution in [2.75, 3.05) is 17.4 Å². The summed E-state index contributed by atoms with van der Waals surface area (Å²) in [6, 6.07) is 16.3. The second-order valence-corrected chi connectivity index (χ2v) is 11.5. The van der Waals surface area contributed by atoms with Crippen LogP contribution >= 0.6 is 23.2 Å². The van der Waals surface area contributed by atoms with E-state index in [0.29, 0.717) is 28.6 Å². The molecule has 0 heterocycles. The third-order valence-corrected chi connectivity index (χ3v) is 8.39. The van der Waals surface area contributed by atoms with Crippen molar-refractivity contribution < 1.29 is 22.4 Å². The van der Waals surface area contributed by atoms with E-state index in [-0.39, 0.29) is 29.5 Å². The maximum absolute atomic E-state index is 13.9. The number of carbonyl (C=O) groups is 2. The molecule has 208 valence electrons. The van der Waals surface area contributed by atoms with E-state index in [1.165, 1.54) is 35.2 Å². The minimum absolute atomic E-state index is 0.0397. The summed E-state index contributed by atoms with van der Waals surface area (Å²) in [5, 5.41) is 3.53. The number of sulfonamides is 1. The predicted octanol–water partition coefficient (Wildman–Crippen LogP) is 5.66. The fraction of sp³-hybridized carbons (Fsp3) is 0.286. The molecule has 1 N–H and O–H groups in total. The first-order valence-corrected chi connectivity index (χ1v) is 14.6. The Labute approximate surface area is 238 Å². The van der Waals surface area contributed by atoms with Crippen LogP contribution in [0.25, 0.3) is 0 Å². The number of amides is 2. The molecule has 0 aliphatic heterocycles. The first-order valence-electron chi connectivity index (χ1n) is 12.4. The number of halogens is 3. The lowest BCUT2D eigenvalue weighted by Gasteiger charge is -2.33. The van der Waals surface area contributed by atoms with Gasteiger partial charge in [-0.3, -0.25) is 13.9 Å². The van der Waals surface area contributed by atoms with Gasteiger partial charge in [-0.1, -0.05) is 61.3 Å². The number of nitrogens with zero attached hydrogens (tertiary/aromatic N) is 2. The molecule has 0 unspecified atom stereocenters. The van der Waals surface area contributed by atoms with Gasteiger partial charge in [0, 0.05) is 23.1 Å². The van der Waals surface area contributed by atoms with Gasteiger partial charge >= 0.3 is 0 Å². The van der Waals surface area contributed by atoms with E-state index in [0.717, 1.165) is 16.4 Å². The molecule has 2 amide bonds. The molecule has 3 aromatic rings. The lowest BCUT2D eigenvalue weighted by Crippen LogP contribution is -2.52. The summed E-state index contributed by atoms with van der Waals surface area (Å²) in [7, 11) is -4.23. The Morgan fingerprint density at radius 1 is 0.974 bits per heavy atom. The number of hydrogen-bond donors (Lipinski definition) is 1. The number of carbonyl (C=O) groups excluding carboxylic acids is 2. The first kappa shape index (κ1) is 30.4. The number of hydrogen-bond acceptors (Lipinski definition) is 4. The predicted molar refractivity (Wildman–Crippen MR) is 152 cm³/mol. The highest BCUT2D eigenvalue weighted by Crippen LogP contribution is 2.27. The molecule has 0 saturated carbocycles. The molecular formula is C28H30Cl2FN3O4S. The van der Waals surface area contributed by atoms with E-state index in [1.807, 2.05) is 6.92 Å². The zero-order chi connectivity index (χ0) is 28.6. The Morgan fingerprint density at radius 2 is 1.64 bits per heavy atom. The molecule has 7 nitrogen and oxygen atoms in total. The van der Waals surface area contributed by atoms with Crippen LogP contribution in [0.2, 0.25) is 10.0 Å². The third kappa shape index (κ3) is 7.71. The van der Waals surface area contributed by atoms with Crippen molar-refractivity contribution in [3.8, 4) is 0 Å². The van der Waals surface area contributed by atoms with Gasteiger partial charge in [-0.15, -0.1) is 0 Å². The molecule has 0 spiro atoms. The first-order chi connectivity index (χ1) is 18.6. The molecule has 3 aromatic carbocycles. The minimum atomic E-state index is -4.23. The molecule has 0 aliphatic rings. The maximum Gasteiger partial charge on any atom is 0.264 e. The largest absolute Gasteiger partial charge is 0.354 e. The highest BCUT2D eigenvalue weighted by Gasteiger charge is 2.33. The van der Waals surface area contributed by atoms with Gasteiger partial charge < -0.3 is 10.2 Å². The minimum Gasteiger partial charge on any atom is -0.354 e. The Balaban J connectivity index is 2.05. The molecule has 0 bridgehead atoms. The van der Waals surface area contributed by atoms with Crippen LogP contribution in [-0.4, -0.2) is 44.3 Å². The Kier molecular flexibility index (Phi) is 10.7. The second kappa shape index (κ2) is 13.8. The van der Waals surface area contributed by atoms with Crippen molar-refractivity contribution in [3.05, 3.63) is 94.2 Å². The van der Waals surface area contributed by atoms with Gasteiger partial charge in [0.25, 0.3) is 10.0 Å². The summed E-state index contributed by atoms with van der Waals surface area (Å²) >= 11 is 12.4. The number of nitrogens with one attached hydrogen (secondary N) is 1. The Morgan fingerprint density at radius 3 is 2.23 bits per heavy atom. The zero-order valence-electron chi connectivity index (χ0n) is 21.6. The van der Waals surface area contributed by atoms with Crippen molar-refractivity contribution in [2.45, 2.75) is 44.2 Å². The smallest absolute Gasteiger partial charge is 0.264 e. The second-order valence-electron chi connectivity index (χ2n) is 8.77. The van der Waals surface area contributed by atoms with Gasteiger partial charge in [0.2, 0.25) is 11.8 Å².